The molecule has 1 aromatic carbocycles. The number of hydrogen-bond acceptors (Lipinski definition) is 3. The quantitative estimate of drug-likeness (QED) is 0.871. The maximum Gasteiger partial charge on any atom is 0.234 e. The van der Waals surface area contributed by atoms with Gasteiger partial charge in [0.15, 0.2) is 0 Å². The zero-order chi connectivity index (χ0) is 13.1. The summed E-state index contributed by atoms with van der Waals surface area (Å²) < 4.78 is 13.3. The van der Waals surface area contributed by atoms with Gasteiger partial charge >= 0.3 is 0 Å². The van der Waals surface area contributed by atoms with Gasteiger partial charge in [-0.2, -0.15) is 5.26 Å². The molecule has 18 heavy (non-hydrogen) atoms. The molecule has 4 nitrogen and oxygen atoms in total. The highest BCUT2D eigenvalue weighted by Crippen LogP contribution is 2.20. The molecule has 1 heterocycles. The van der Waals surface area contributed by atoms with E-state index in [1.807, 2.05) is 11.0 Å². The Labute approximate surface area is 105 Å². The van der Waals surface area contributed by atoms with Gasteiger partial charge in [-0.05, 0) is 43.1 Å². The van der Waals surface area contributed by atoms with E-state index in [0.29, 0.717) is 17.7 Å². The van der Waals surface area contributed by atoms with E-state index in [0.717, 1.165) is 19.4 Å². The SMILES string of the molecule is N#Cc1cc(F)cc(CN2CCCC2C(N)=O)c1. The molecule has 1 saturated heterocycles. The summed E-state index contributed by atoms with van der Waals surface area (Å²) in [5.74, 6) is -0.775. The molecule has 0 aromatic heterocycles. The number of carbonyl (C=O) groups is 1. The molecule has 1 aromatic rings. The monoisotopic (exact) mass is 247 g/mol. The average Bonchev–Trinajstić information content (AvgIpc) is 2.76. The van der Waals surface area contributed by atoms with Crippen molar-refractivity contribution in [2.75, 3.05) is 6.54 Å². The Morgan fingerprint density at radius 3 is 3.00 bits per heavy atom. The lowest BCUT2D eigenvalue weighted by atomic mass is 10.1. The number of amides is 1. The number of nitrogens with two attached hydrogens (primary N) is 1. The fourth-order valence-corrected chi connectivity index (χ4v) is 2.38. The molecular weight excluding hydrogens is 233 g/mol. The van der Waals surface area contributed by atoms with Gasteiger partial charge < -0.3 is 5.73 Å². The molecule has 1 unspecified atom stereocenters. The number of rotatable bonds is 3. The molecule has 1 aliphatic heterocycles. The van der Waals surface area contributed by atoms with Crippen LogP contribution in [0.5, 0.6) is 0 Å². The Balaban J connectivity index is 2.16. The van der Waals surface area contributed by atoms with Crippen molar-refractivity contribution in [2.45, 2.75) is 25.4 Å². The molecule has 1 amide bonds. The van der Waals surface area contributed by atoms with Crippen LogP contribution in [0.1, 0.15) is 24.0 Å². The van der Waals surface area contributed by atoms with Crippen molar-refractivity contribution in [2.24, 2.45) is 5.73 Å². The summed E-state index contributed by atoms with van der Waals surface area (Å²) in [6.45, 7) is 1.21. The standard InChI is InChI=1S/C13H14FN3O/c14-11-5-9(7-15)4-10(6-11)8-17-3-1-2-12(17)13(16)18/h4-6,12H,1-3,8H2,(H2,16,18). The minimum absolute atomic E-state index is 0.279. The first kappa shape index (κ1) is 12.5. The lowest BCUT2D eigenvalue weighted by Gasteiger charge is -2.21. The zero-order valence-corrected chi connectivity index (χ0v) is 9.90. The van der Waals surface area contributed by atoms with Crippen LogP contribution in [0.25, 0.3) is 0 Å². The maximum absolute atomic E-state index is 13.3. The van der Waals surface area contributed by atoms with E-state index in [2.05, 4.69) is 0 Å². The third kappa shape index (κ3) is 2.66. The van der Waals surface area contributed by atoms with Crippen LogP contribution >= 0.6 is 0 Å². The molecule has 0 spiro atoms. The molecule has 0 aliphatic carbocycles. The average molecular weight is 247 g/mol. The molecule has 1 fully saturated rings. The highest BCUT2D eigenvalue weighted by molar-refractivity contribution is 5.80. The van der Waals surface area contributed by atoms with E-state index in [9.17, 15) is 9.18 Å². The van der Waals surface area contributed by atoms with Gasteiger partial charge in [0.25, 0.3) is 0 Å². The maximum atomic E-state index is 13.3. The predicted molar refractivity (Wildman–Crippen MR) is 63.7 cm³/mol. The van der Waals surface area contributed by atoms with Crippen LogP contribution < -0.4 is 5.73 Å². The van der Waals surface area contributed by atoms with E-state index in [1.54, 1.807) is 6.07 Å². The fourth-order valence-electron chi connectivity index (χ4n) is 2.38. The first-order valence-electron chi connectivity index (χ1n) is 5.83. The van der Waals surface area contributed by atoms with Gasteiger partial charge in [-0.3, -0.25) is 9.69 Å². The second-order valence-corrected chi connectivity index (χ2v) is 4.49. The predicted octanol–water partition coefficient (Wildman–Crippen LogP) is 1.15. The first-order chi connectivity index (χ1) is 8.60. The van der Waals surface area contributed by atoms with Crippen LogP contribution in [0.3, 0.4) is 0 Å². The summed E-state index contributed by atoms with van der Waals surface area (Å²) in [5.41, 5.74) is 6.31. The summed E-state index contributed by atoms with van der Waals surface area (Å²) in [6.07, 6.45) is 1.66. The summed E-state index contributed by atoms with van der Waals surface area (Å²) in [6, 6.07) is 5.86. The van der Waals surface area contributed by atoms with Crippen LogP contribution in [0.4, 0.5) is 4.39 Å². The smallest absolute Gasteiger partial charge is 0.234 e. The van der Waals surface area contributed by atoms with Crippen molar-refractivity contribution in [3.63, 3.8) is 0 Å². The Kier molecular flexibility index (Phi) is 3.58. The van der Waals surface area contributed by atoms with Crippen molar-refractivity contribution in [3.8, 4) is 6.07 Å². The molecule has 94 valence electrons. The first-order valence-corrected chi connectivity index (χ1v) is 5.83. The summed E-state index contributed by atoms with van der Waals surface area (Å²) in [7, 11) is 0. The minimum atomic E-state index is -0.432. The lowest BCUT2D eigenvalue weighted by molar-refractivity contribution is -0.122. The van der Waals surface area contributed by atoms with Gasteiger partial charge in [-0.25, -0.2) is 4.39 Å². The largest absolute Gasteiger partial charge is 0.368 e. The number of nitriles is 1. The van der Waals surface area contributed by atoms with Gasteiger partial charge in [0.05, 0.1) is 17.7 Å². The minimum Gasteiger partial charge on any atom is -0.368 e. The van der Waals surface area contributed by atoms with E-state index in [1.165, 1.54) is 12.1 Å². The Bertz CT molecular complexity index is 509. The summed E-state index contributed by atoms with van der Waals surface area (Å²) >= 11 is 0. The zero-order valence-electron chi connectivity index (χ0n) is 9.90. The number of nitrogens with zero attached hydrogens (tertiary/aromatic N) is 2. The van der Waals surface area contributed by atoms with Crippen LogP contribution in [0.15, 0.2) is 18.2 Å². The number of halogens is 1. The Hall–Kier alpha value is -1.93. The molecular formula is C13H14FN3O. The second-order valence-electron chi connectivity index (χ2n) is 4.49. The Morgan fingerprint density at radius 2 is 2.33 bits per heavy atom. The number of hydrogen-bond donors (Lipinski definition) is 1. The topological polar surface area (TPSA) is 70.1 Å². The lowest BCUT2D eigenvalue weighted by Crippen LogP contribution is -2.39. The molecule has 5 heteroatoms. The van der Waals surface area contributed by atoms with Gasteiger partial charge in [0, 0.05) is 6.54 Å². The van der Waals surface area contributed by atoms with Crippen molar-refractivity contribution in [1.82, 2.24) is 4.90 Å². The molecule has 0 saturated carbocycles. The number of likely N-dealkylation sites (tertiary alicyclic amines) is 1. The van der Waals surface area contributed by atoms with Crippen LogP contribution in [-0.2, 0) is 11.3 Å². The van der Waals surface area contributed by atoms with Gasteiger partial charge in [0.2, 0.25) is 5.91 Å². The number of benzene rings is 1. The van der Waals surface area contributed by atoms with Crippen molar-refractivity contribution < 1.29 is 9.18 Å². The van der Waals surface area contributed by atoms with Crippen molar-refractivity contribution in [1.29, 1.82) is 5.26 Å². The van der Waals surface area contributed by atoms with E-state index < -0.39 is 5.82 Å². The summed E-state index contributed by atoms with van der Waals surface area (Å²) in [5, 5.41) is 8.78. The Morgan fingerprint density at radius 1 is 1.56 bits per heavy atom. The molecule has 0 bridgehead atoms. The third-order valence-corrected chi connectivity index (χ3v) is 3.16. The van der Waals surface area contributed by atoms with Crippen LogP contribution in [0, 0.1) is 17.1 Å². The highest BCUT2D eigenvalue weighted by Gasteiger charge is 2.28. The fraction of sp³-hybridized carbons (Fsp3) is 0.385. The summed E-state index contributed by atoms with van der Waals surface area (Å²) in [4.78, 5) is 13.2. The van der Waals surface area contributed by atoms with Crippen LogP contribution in [0.2, 0.25) is 0 Å². The van der Waals surface area contributed by atoms with Gasteiger partial charge in [-0.1, -0.05) is 0 Å². The number of carbonyl (C=O) groups excluding carboxylic acids is 1. The van der Waals surface area contributed by atoms with Crippen LogP contribution in [-0.4, -0.2) is 23.4 Å². The molecule has 0 radical (unpaired) electrons. The highest BCUT2D eigenvalue weighted by atomic mass is 19.1. The normalized spacial score (nSPS) is 19.7. The van der Waals surface area contributed by atoms with Gasteiger partial charge in [0.1, 0.15) is 5.82 Å². The number of primary amides is 1. The van der Waals surface area contributed by atoms with E-state index in [4.69, 9.17) is 11.0 Å². The molecule has 2 N–H and O–H groups in total. The second kappa shape index (κ2) is 5.15. The molecule has 2 rings (SSSR count). The van der Waals surface area contributed by atoms with Crippen molar-refractivity contribution >= 4 is 5.91 Å². The van der Waals surface area contributed by atoms with E-state index >= 15 is 0 Å². The van der Waals surface area contributed by atoms with Gasteiger partial charge in [-0.15, -0.1) is 0 Å². The molecule has 1 aliphatic rings. The molecule has 1 atom stereocenters. The van der Waals surface area contributed by atoms with Crippen molar-refractivity contribution in [3.05, 3.63) is 35.1 Å². The van der Waals surface area contributed by atoms with E-state index in [-0.39, 0.29) is 11.9 Å². The third-order valence-electron chi connectivity index (χ3n) is 3.16.